The average molecular weight is 493 g/mol. The Bertz CT molecular complexity index is 762. The summed E-state index contributed by atoms with van der Waals surface area (Å²) in [6.07, 6.45) is -3.46. The van der Waals surface area contributed by atoms with Crippen LogP contribution in [0.3, 0.4) is 0 Å². The van der Waals surface area contributed by atoms with Crippen LogP contribution >= 0.6 is 35.3 Å². The second-order valence-electron chi connectivity index (χ2n) is 5.06. The van der Waals surface area contributed by atoms with Crippen LogP contribution in [-0.2, 0) is 12.6 Å². The fourth-order valence-corrected chi connectivity index (χ4v) is 2.74. The molecule has 3 nitrogen and oxygen atoms in total. The lowest BCUT2D eigenvalue weighted by Crippen LogP contribution is -2.38. The molecule has 8 heteroatoms. The minimum Gasteiger partial charge on any atom is -0.356 e. The van der Waals surface area contributed by atoms with E-state index in [9.17, 15) is 13.2 Å². The van der Waals surface area contributed by atoms with Gasteiger partial charge in [0.25, 0.3) is 0 Å². The quantitative estimate of drug-likeness (QED) is 0.291. The van der Waals surface area contributed by atoms with Gasteiger partial charge in [0.15, 0.2) is 5.96 Å². The first-order chi connectivity index (χ1) is 12.0. The zero-order valence-electron chi connectivity index (χ0n) is 14.1. The lowest BCUT2D eigenvalue weighted by molar-refractivity contribution is -0.137. The zero-order valence-corrected chi connectivity index (χ0v) is 17.2. The summed E-state index contributed by atoms with van der Waals surface area (Å²) in [5.41, 5.74) is -0.365. The summed E-state index contributed by atoms with van der Waals surface area (Å²) in [6, 6.07) is 9.06. The lowest BCUT2D eigenvalue weighted by Gasteiger charge is -2.09. The molecule has 0 radical (unpaired) electrons. The molecule has 1 aromatic heterocycles. The Morgan fingerprint density at radius 1 is 1.19 bits per heavy atom. The molecule has 140 valence electrons. The predicted molar refractivity (Wildman–Crippen MR) is 111 cm³/mol. The van der Waals surface area contributed by atoms with E-state index in [4.69, 9.17) is 0 Å². The van der Waals surface area contributed by atoms with Crippen LogP contribution in [0.5, 0.6) is 0 Å². The molecule has 1 heterocycles. The molecule has 0 aliphatic rings. The second kappa shape index (κ2) is 11.1. The second-order valence-corrected chi connectivity index (χ2v) is 6.09. The highest BCUT2D eigenvalue weighted by atomic mass is 127. The van der Waals surface area contributed by atoms with Crippen molar-refractivity contribution < 1.29 is 13.2 Å². The molecule has 0 aliphatic carbocycles. The van der Waals surface area contributed by atoms with Crippen molar-refractivity contribution in [2.24, 2.45) is 4.99 Å². The molecule has 2 N–H and O–H groups in total. The first-order valence-corrected chi connectivity index (χ1v) is 8.50. The van der Waals surface area contributed by atoms with Crippen LogP contribution in [0.25, 0.3) is 0 Å². The van der Waals surface area contributed by atoms with Gasteiger partial charge in [-0.2, -0.15) is 13.2 Å². The van der Waals surface area contributed by atoms with Crippen molar-refractivity contribution in [1.29, 1.82) is 0 Å². The molecule has 0 unspecified atom stereocenters. The number of hydrogen-bond acceptors (Lipinski definition) is 2. The van der Waals surface area contributed by atoms with Gasteiger partial charge in [-0.25, -0.2) is 0 Å². The Labute approximate surface area is 172 Å². The van der Waals surface area contributed by atoms with Gasteiger partial charge in [0.2, 0.25) is 0 Å². The van der Waals surface area contributed by atoms with Gasteiger partial charge < -0.3 is 10.6 Å². The molecule has 1 aromatic carbocycles. The van der Waals surface area contributed by atoms with Gasteiger partial charge in [-0.1, -0.05) is 24.0 Å². The highest BCUT2D eigenvalue weighted by molar-refractivity contribution is 14.0. The van der Waals surface area contributed by atoms with E-state index in [0.717, 1.165) is 25.1 Å². The Kier molecular flexibility index (Phi) is 9.51. The van der Waals surface area contributed by atoms with Crippen LogP contribution in [0.4, 0.5) is 13.2 Å². The van der Waals surface area contributed by atoms with Crippen LogP contribution in [-0.4, -0.2) is 26.1 Å². The summed E-state index contributed by atoms with van der Waals surface area (Å²) in [7, 11) is 1.65. The molecule has 0 atom stereocenters. The third kappa shape index (κ3) is 7.66. The van der Waals surface area contributed by atoms with E-state index in [1.54, 1.807) is 24.5 Å². The van der Waals surface area contributed by atoms with Crippen molar-refractivity contribution in [1.82, 2.24) is 10.6 Å². The maximum absolute atomic E-state index is 12.6. The Balaban J connectivity index is 0.00000338. The number of nitrogens with one attached hydrogen (secondary N) is 2. The van der Waals surface area contributed by atoms with E-state index in [0.29, 0.717) is 11.5 Å². The molecule has 26 heavy (non-hydrogen) atoms. The number of rotatable bonds is 4. The summed E-state index contributed by atoms with van der Waals surface area (Å²) in [4.78, 5) is 5.36. The summed E-state index contributed by atoms with van der Waals surface area (Å²) < 4.78 is 37.9. The van der Waals surface area contributed by atoms with Crippen molar-refractivity contribution >= 4 is 41.3 Å². The molecule has 2 rings (SSSR count). The van der Waals surface area contributed by atoms with Crippen molar-refractivity contribution in [3.05, 3.63) is 57.8 Å². The zero-order chi connectivity index (χ0) is 18.1. The molecule has 0 bridgehead atoms. The summed E-state index contributed by atoms with van der Waals surface area (Å²) in [5, 5.41) is 8.21. The van der Waals surface area contributed by atoms with Gasteiger partial charge in [0.1, 0.15) is 0 Å². The molecule has 0 saturated carbocycles. The Morgan fingerprint density at radius 2 is 2.00 bits per heavy atom. The molecular formula is C18H19F3IN3S. The first kappa shape index (κ1) is 22.3. The normalized spacial score (nSPS) is 11.2. The van der Waals surface area contributed by atoms with E-state index in [1.807, 2.05) is 11.4 Å². The fraction of sp³-hybridized carbons (Fsp3) is 0.278. The van der Waals surface area contributed by atoms with Crippen molar-refractivity contribution in [3.63, 3.8) is 0 Å². The summed E-state index contributed by atoms with van der Waals surface area (Å²) >= 11 is 1.70. The minimum absolute atomic E-state index is 0. The molecular weight excluding hydrogens is 474 g/mol. The lowest BCUT2D eigenvalue weighted by atomic mass is 10.1. The largest absolute Gasteiger partial charge is 0.416 e. The highest BCUT2D eigenvalue weighted by Gasteiger charge is 2.30. The van der Waals surface area contributed by atoms with Crippen LogP contribution in [0.1, 0.15) is 16.0 Å². The molecule has 0 fully saturated rings. The monoisotopic (exact) mass is 493 g/mol. The fourth-order valence-electron chi connectivity index (χ4n) is 2.03. The van der Waals surface area contributed by atoms with Crippen LogP contribution < -0.4 is 10.6 Å². The number of aliphatic imine (C=N–C) groups is 1. The van der Waals surface area contributed by atoms with Gasteiger partial charge in [-0.15, -0.1) is 35.3 Å². The maximum atomic E-state index is 12.6. The van der Waals surface area contributed by atoms with Gasteiger partial charge >= 0.3 is 6.18 Å². The summed E-state index contributed by atoms with van der Waals surface area (Å²) in [5.74, 6) is 6.13. The number of halogens is 4. The highest BCUT2D eigenvalue weighted by Crippen LogP contribution is 2.29. The number of alkyl halides is 3. The standard InChI is InChI=1S/C18H18F3N3S.HI/c1-22-17(24-11-9-16-8-4-12-25-16)23-10-3-6-14-5-2-7-15(13-14)18(19,20)21;/h2,4-5,7-8,12-13H,9-11H2,1H3,(H2,22,23,24);1H. The van der Waals surface area contributed by atoms with Crippen LogP contribution in [0.2, 0.25) is 0 Å². The first-order valence-electron chi connectivity index (χ1n) is 7.62. The van der Waals surface area contributed by atoms with E-state index in [-0.39, 0.29) is 30.5 Å². The molecule has 0 spiro atoms. The minimum atomic E-state index is -4.36. The molecule has 0 aliphatic heterocycles. The predicted octanol–water partition coefficient (Wildman–Crippen LogP) is 4.14. The number of hydrogen-bond donors (Lipinski definition) is 2. The van der Waals surface area contributed by atoms with Gasteiger partial charge in [0, 0.05) is 24.0 Å². The van der Waals surface area contributed by atoms with Crippen molar-refractivity contribution in [2.75, 3.05) is 20.1 Å². The topological polar surface area (TPSA) is 36.4 Å². The number of thiophene rings is 1. The molecule has 0 amide bonds. The smallest absolute Gasteiger partial charge is 0.356 e. The average Bonchev–Trinajstić information content (AvgIpc) is 3.10. The number of nitrogens with zero attached hydrogens (tertiary/aromatic N) is 1. The third-order valence-corrected chi connectivity index (χ3v) is 4.17. The van der Waals surface area contributed by atoms with Gasteiger partial charge in [-0.3, -0.25) is 4.99 Å². The molecule has 2 aromatic rings. The number of guanidine groups is 1. The van der Waals surface area contributed by atoms with Crippen LogP contribution in [0.15, 0.2) is 46.8 Å². The van der Waals surface area contributed by atoms with Crippen molar-refractivity contribution in [3.8, 4) is 11.8 Å². The van der Waals surface area contributed by atoms with E-state index >= 15 is 0 Å². The van der Waals surface area contributed by atoms with Crippen molar-refractivity contribution in [2.45, 2.75) is 12.6 Å². The van der Waals surface area contributed by atoms with E-state index in [2.05, 4.69) is 33.5 Å². The van der Waals surface area contributed by atoms with E-state index < -0.39 is 11.7 Å². The Hall–Kier alpha value is -1.73. The number of benzene rings is 1. The van der Waals surface area contributed by atoms with E-state index in [1.165, 1.54) is 10.9 Å². The van der Waals surface area contributed by atoms with Gasteiger partial charge in [0.05, 0.1) is 12.1 Å². The molecule has 0 saturated heterocycles. The SMILES string of the molecule is CN=C(NCC#Cc1cccc(C(F)(F)F)c1)NCCc1cccs1.I. The summed E-state index contributed by atoms with van der Waals surface area (Å²) in [6.45, 7) is 1.02. The third-order valence-electron chi connectivity index (χ3n) is 3.23. The Morgan fingerprint density at radius 3 is 2.65 bits per heavy atom. The van der Waals surface area contributed by atoms with Gasteiger partial charge in [-0.05, 0) is 36.1 Å². The maximum Gasteiger partial charge on any atom is 0.416 e. The van der Waals surface area contributed by atoms with Crippen LogP contribution in [0, 0.1) is 11.8 Å².